The second-order valence-electron chi connectivity index (χ2n) is 5.97. The van der Waals surface area contributed by atoms with Gasteiger partial charge < -0.3 is 13.8 Å². The molecule has 12 heteroatoms. The summed E-state index contributed by atoms with van der Waals surface area (Å²) in [7, 11) is -7.34. The molecule has 1 heterocycles. The van der Waals surface area contributed by atoms with Gasteiger partial charge in [0.2, 0.25) is 0 Å². The van der Waals surface area contributed by atoms with Crippen molar-refractivity contribution in [1.82, 2.24) is 0 Å². The first-order valence-corrected chi connectivity index (χ1v) is 10.9. The zero-order valence-electron chi connectivity index (χ0n) is 14.4. The fraction of sp³-hybridized carbons (Fsp3) is 1.00. The van der Waals surface area contributed by atoms with Crippen LogP contribution >= 0.6 is 7.60 Å². The summed E-state index contributed by atoms with van der Waals surface area (Å²) in [6.07, 6.45) is -0.625. The molecule has 24 heavy (non-hydrogen) atoms. The Morgan fingerprint density at radius 1 is 1.29 bits per heavy atom. The zero-order chi connectivity index (χ0) is 18.5. The first kappa shape index (κ1) is 21.4. The summed E-state index contributed by atoms with van der Waals surface area (Å²) in [6, 6.07) is -0.735. The van der Waals surface area contributed by atoms with Gasteiger partial charge in [-0.05, 0) is 39.6 Å². The van der Waals surface area contributed by atoms with E-state index in [1.165, 1.54) is 0 Å². The van der Waals surface area contributed by atoms with Crippen LogP contribution in [-0.2, 0) is 32.7 Å². The van der Waals surface area contributed by atoms with Gasteiger partial charge in [-0.25, -0.2) is 0 Å². The maximum atomic E-state index is 13.1. The zero-order valence-corrected chi connectivity index (χ0v) is 16.1. The van der Waals surface area contributed by atoms with Crippen LogP contribution < -0.4 is 0 Å². The second kappa shape index (κ2) is 8.62. The molecule has 0 spiro atoms. The summed E-state index contributed by atoms with van der Waals surface area (Å²) in [5, 5.41) is 3.58. The van der Waals surface area contributed by atoms with Gasteiger partial charge in [0, 0.05) is 4.91 Å². The van der Waals surface area contributed by atoms with E-state index in [1.54, 1.807) is 27.7 Å². The number of azide groups is 1. The third kappa shape index (κ3) is 6.68. The summed E-state index contributed by atoms with van der Waals surface area (Å²) >= 11 is 0. The van der Waals surface area contributed by atoms with Gasteiger partial charge in [-0.2, -0.15) is 8.42 Å². The Labute approximate surface area is 142 Å². The lowest BCUT2D eigenvalue weighted by Crippen LogP contribution is -2.27. The van der Waals surface area contributed by atoms with Crippen molar-refractivity contribution >= 4 is 17.7 Å². The Balaban J connectivity index is 2.97. The van der Waals surface area contributed by atoms with Crippen LogP contribution in [0.15, 0.2) is 5.11 Å². The Bertz CT molecular complexity index is 604. The van der Waals surface area contributed by atoms with Crippen molar-refractivity contribution in [3.05, 3.63) is 10.4 Å². The maximum Gasteiger partial charge on any atom is 0.359 e. The lowest BCUT2D eigenvalue weighted by Gasteiger charge is -2.27. The van der Waals surface area contributed by atoms with E-state index in [2.05, 4.69) is 10.0 Å². The maximum absolute atomic E-state index is 13.1. The van der Waals surface area contributed by atoms with Crippen LogP contribution in [0.4, 0.5) is 0 Å². The van der Waals surface area contributed by atoms with Crippen molar-refractivity contribution in [2.45, 2.75) is 64.3 Å². The van der Waals surface area contributed by atoms with Gasteiger partial charge in [0.25, 0.3) is 10.1 Å². The SMILES string of the molecule is CC(C)OP(=O)(OC(C)C)[C@H]1C[C@@H](N=[N+]=[N-])[C@@H](COS(C)(=O)=O)O1. The molecule has 0 unspecified atom stereocenters. The number of nitrogens with zero attached hydrogens (tertiary/aromatic N) is 3. The van der Waals surface area contributed by atoms with Gasteiger partial charge in [0.1, 0.15) is 0 Å². The Morgan fingerprint density at radius 2 is 1.83 bits per heavy atom. The molecule has 0 bridgehead atoms. The molecule has 0 aliphatic carbocycles. The molecule has 0 aromatic heterocycles. The van der Waals surface area contributed by atoms with Crippen molar-refractivity contribution in [3.8, 4) is 0 Å². The minimum absolute atomic E-state index is 0.0819. The Morgan fingerprint density at radius 3 is 2.25 bits per heavy atom. The summed E-state index contributed by atoms with van der Waals surface area (Å²) < 4.78 is 56.6. The van der Waals surface area contributed by atoms with Gasteiger partial charge in [-0.1, -0.05) is 5.11 Å². The van der Waals surface area contributed by atoms with Gasteiger partial charge in [-0.15, -0.1) is 0 Å². The summed E-state index contributed by atoms with van der Waals surface area (Å²) in [5.74, 6) is -0.967. The van der Waals surface area contributed by atoms with Crippen LogP contribution in [0.1, 0.15) is 34.1 Å². The van der Waals surface area contributed by atoms with Crippen LogP contribution in [-0.4, -0.2) is 51.5 Å². The third-order valence-electron chi connectivity index (χ3n) is 2.92. The number of ether oxygens (including phenoxy) is 1. The van der Waals surface area contributed by atoms with Crippen molar-refractivity contribution in [2.75, 3.05) is 12.9 Å². The van der Waals surface area contributed by atoms with E-state index in [0.29, 0.717) is 0 Å². The second-order valence-corrected chi connectivity index (χ2v) is 9.70. The molecule has 140 valence electrons. The van der Waals surface area contributed by atoms with Crippen LogP contribution in [0.25, 0.3) is 10.4 Å². The van der Waals surface area contributed by atoms with Crippen molar-refractivity contribution in [3.63, 3.8) is 0 Å². The molecule has 0 N–H and O–H groups in total. The van der Waals surface area contributed by atoms with E-state index in [4.69, 9.17) is 23.5 Å². The van der Waals surface area contributed by atoms with Gasteiger partial charge in [0.05, 0.1) is 37.2 Å². The number of rotatable bonds is 9. The molecule has 1 aliphatic rings. The van der Waals surface area contributed by atoms with Crippen molar-refractivity contribution in [2.24, 2.45) is 5.11 Å². The van der Waals surface area contributed by atoms with Crippen LogP contribution in [0.2, 0.25) is 0 Å². The topological polar surface area (TPSA) is 137 Å². The molecule has 1 aliphatic heterocycles. The standard InChI is InChI=1S/C12H24N3O7PS/c1-8(2)21-23(16,22-9(3)4)12-6-10(14-15-13)11(20-12)7-19-24(5,17)18/h8-12H,6-7H2,1-5H3/t10-,11-,12+/m1/s1. The number of hydrogen-bond donors (Lipinski definition) is 0. The van der Waals surface area contributed by atoms with Crippen molar-refractivity contribution in [1.29, 1.82) is 0 Å². The highest BCUT2D eigenvalue weighted by atomic mass is 32.2. The predicted molar refractivity (Wildman–Crippen MR) is 87.1 cm³/mol. The average Bonchev–Trinajstić information content (AvgIpc) is 2.78. The highest BCUT2D eigenvalue weighted by Gasteiger charge is 2.48. The minimum atomic E-state index is -3.69. The molecule has 0 saturated carbocycles. The molecule has 1 rings (SSSR count). The highest BCUT2D eigenvalue weighted by Crippen LogP contribution is 2.59. The predicted octanol–water partition coefficient (Wildman–Crippen LogP) is 2.80. The van der Waals surface area contributed by atoms with E-state index in [0.717, 1.165) is 6.26 Å². The first-order valence-electron chi connectivity index (χ1n) is 7.47. The first-order chi connectivity index (χ1) is 11.0. The van der Waals surface area contributed by atoms with E-state index < -0.39 is 35.7 Å². The fourth-order valence-corrected chi connectivity index (χ4v) is 4.84. The average molecular weight is 385 g/mol. The molecule has 10 nitrogen and oxygen atoms in total. The highest BCUT2D eigenvalue weighted by molar-refractivity contribution is 7.85. The molecule has 0 amide bonds. The fourth-order valence-electron chi connectivity index (χ4n) is 2.19. The summed E-state index contributed by atoms with van der Waals surface area (Å²) in [4.78, 5) is 2.72. The Hall–Kier alpha value is -0.670. The molecule has 1 fully saturated rings. The molecule has 1 saturated heterocycles. The molecule has 0 aromatic rings. The monoisotopic (exact) mass is 385 g/mol. The van der Waals surface area contributed by atoms with Crippen LogP contribution in [0.3, 0.4) is 0 Å². The Kier molecular flexibility index (Phi) is 7.68. The van der Waals surface area contributed by atoms with Crippen LogP contribution in [0, 0.1) is 0 Å². The largest absolute Gasteiger partial charge is 0.359 e. The lowest BCUT2D eigenvalue weighted by atomic mass is 10.2. The smallest absolute Gasteiger partial charge is 0.359 e. The van der Waals surface area contributed by atoms with Gasteiger partial charge in [0.15, 0.2) is 5.85 Å². The number of hydrogen-bond acceptors (Lipinski definition) is 8. The minimum Gasteiger partial charge on any atom is -0.359 e. The van der Waals surface area contributed by atoms with E-state index in [-0.39, 0.29) is 25.2 Å². The van der Waals surface area contributed by atoms with Crippen molar-refractivity contribution < 1.29 is 31.0 Å². The van der Waals surface area contributed by atoms with E-state index in [1.807, 2.05) is 0 Å². The molecule has 0 aromatic carbocycles. The molecular weight excluding hydrogens is 361 g/mol. The third-order valence-corrected chi connectivity index (χ3v) is 5.95. The molecule has 0 radical (unpaired) electrons. The quantitative estimate of drug-likeness (QED) is 0.196. The molecular formula is C12H24N3O7PS. The molecule has 3 atom stereocenters. The van der Waals surface area contributed by atoms with E-state index in [9.17, 15) is 13.0 Å². The summed E-state index contributed by atoms with van der Waals surface area (Å²) in [5.41, 5.74) is 8.66. The van der Waals surface area contributed by atoms with E-state index >= 15 is 0 Å². The van der Waals surface area contributed by atoms with Gasteiger partial charge in [-0.3, -0.25) is 8.75 Å². The normalized spacial score (nSPS) is 25.2. The lowest BCUT2D eigenvalue weighted by molar-refractivity contribution is 0.0231. The summed E-state index contributed by atoms with van der Waals surface area (Å²) in [6.45, 7) is 6.49. The van der Waals surface area contributed by atoms with Crippen LogP contribution in [0.5, 0.6) is 0 Å². The van der Waals surface area contributed by atoms with Gasteiger partial charge >= 0.3 is 7.60 Å².